The Bertz CT molecular complexity index is 1050. The van der Waals surface area contributed by atoms with Crippen LogP contribution < -0.4 is 22.1 Å². The minimum Gasteiger partial charge on any atom is -0.480 e. The number of carbonyl (C=O) groups is 2. The van der Waals surface area contributed by atoms with Crippen molar-refractivity contribution in [2.75, 3.05) is 0 Å². The van der Waals surface area contributed by atoms with E-state index in [0.717, 1.165) is 4.57 Å². The summed E-state index contributed by atoms with van der Waals surface area (Å²) in [7, 11) is 1.37. The quantitative estimate of drug-likeness (QED) is 0.471. The number of carboxylic acid groups (broad SMARTS) is 1. The number of aromatic amines is 2. The molecule has 0 spiro atoms. The van der Waals surface area contributed by atoms with E-state index >= 15 is 0 Å². The van der Waals surface area contributed by atoms with Gasteiger partial charge in [-0.3, -0.25) is 23.9 Å². The number of amides is 1. The largest absolute Gasteiger partial charge is 0.480 e. The van der Waals surface area contributed by atoms with Crippen LogP contribution in [0.1, 0.15) is 32.4 Å². The summed E-state index contributed by atoms with van der Waals surface area (Å²) in [4.78, 5) is 67.2. The third-order valence-corrected chi connectivity index (χ3v) is 3.97. The van der Waals surface area contributed by atoms with E-state index in [-0.39, 0.29) is 42.0 Å². The Morgan fingerprint density at radius 3 is 2.44 bits per heavy atom. The first-order chi connectivity index (χ1) is 12.6. The van der Waals surface area contributed by atoms with Gasteiger partial charge in [-0.15, -0.1) is 0 Å². The van der Waals surface area contributed by atoms with Crippen LogP contribution in [-0.4, -0.2) is 42.5 Å². The highest BCUT2D eigenvalue weighted by molar-refractivity contribution is 5.83. The van der Waals surface area contributed by atoms with Gasteiger partial charge in [0, 0.05) is 19.9 Å². The van der Waals surface area contributed by atoms with Gasteiger partial charge in [-0.1, -0.05) is 13.8 Å². The van der Waals surface area contributed by atoms with Crippen LogP contribution in [0.25, 0.3) is 11.2 Å². The Morgan fingerprint density at radius 1 is 1.19 bits per heavy atom. The summed E-state index contributed by atoms with van der Waals surface area (Å²) < 4.78 is 1.05. The van der Waals surface area contributed by atoms with Crippen LogP contribution >= 0.6 is 0 Å². The summed E-state index contributed by atoms with van der Waals surface area (Å²) in [6.45, 7) is 3.68. The van der Waals surface area contributed by atoms with E-state index in [4.69, 9.17) is 5.11 Å². The van der Waals surface area contributed by atoms with Crippen LogP contribution in [0.4, 0.5) is 0 Å². The Morgan fingerprint density at radius 2 is 1.85 bits per heavy atom. The average molecular weight is 379 g/mol. The molecule has 1 amide bonds. The molecular formula is C16H21N5O6. The predicted octanol–water partition coefficient (Wildman–Crippen LogP) is -1.14. The molecule has 146 valence electrons. The number of rotatable bonds is 7. The molecule has 0 aromatic carbocycles. The Balaban J connectivity index is 2.19. The Kier molecular flexibility index (Phi) is 5.93. The highest BCUT2D eigenvalue weighted by atomic mass is 16.4. The number of aromatic nitrogens is 4. The summed E-state index contributed by atoms with van der Waals surface area (Å²) in [6, 6.07) is -1.02. The molecule has 2 aromatic rings. The minimum atomic E-state index is -1.13. The molecule has 2 heterocycles. The topological polar surface area (TPSA) is 167 Å². The van der Waals surface area contributed by atoms with Crippen molar-refractivity contribution in [3.05, 3.63) is 36.9 Å². The van der Waals surface area contributed by atoms with Gasteiger partial charge in [0.05, 0.1) is 0 Å². The first-order valence-corrected chi connectivity index (χ1v) is 8.34. The van der Waals surface area contributed by atoms with Crippen molar-refractivity contribution in [1.82, 2.24) is 24.8 Å². The zero-order chi connectivity index (χ0) is 20.3. The lowest BCUT2D eigenvalue weighted by Gasteiger charge is -2.16. The fourth-order valence-corrected chi connectivity index (χ4v) is 2.58. The van der Waals surface area contributed by atoms with Crippen LogP contribution in [0, 0.1) is 5.92 Å². The number of aliphatic carboxylic acids is 1. The summed E-state index contributed by atoms with van der Waals surface area (Å²) >= 11 is 0. The van der Waals surface area contributed by atoms with Crippen LogP contribution in [0.5, 0.6) is 0 Å². The first kappa shape index (κ1) is 20.1. The molecule has 0 saturated carbocycles. The number of fused-ring (bicyclic) bond motifs is 1. The molecule has 1 atom stereocenters. The molecule has 0 fully saturated rings. The third kappa shape index (κ3) is 4.68. The molecule has 2 rings (SSSR count). The second-order valence-corrected chi connectivity index (χ2v) is 6.62. The number of hydrogen-bond donors (Lipinski definition) is 4. The lowest BCUT2D eigenvalue weighted by Crippen LogP contribution is -2.41. The SMILES string of the molecule is CC(C)C[C@H](NC(=O)CCc1nc2c(=O)[nH]c(=O)n(C)c2[nH]c1=O)C(=O)O. The van der Waals surface area contributed by atoms with E-state index in [0.29, 0.717) is 0 Å². The number of carboxylic acids is 1. The van der Waals surface area contributed by atoms with Gasteiger partial charge in [0.25, 0.3) is 11.1 Å². The molecule has 2 aromatic heterocycles. The fraction of sp³-hybridized carbons (Fsp3) is 0.500. The predicted molar refractivity (Wildman–Crippen MR) is 95.6 cm³/mol. The van der Waals surface area contributed by atoms with Gasteiger partial charge in [-0.25, -0.2) is 14.6 Å². The van der Waals surface area contributed by atoms with Crippen LogP contribution in [0.15, 0.2) is 14.4 Å². The Hall–Kier alpha value is -3.24. The smallest absolute Gasteiger partial charge is 0.329 e. The van der Waals surface area contributed by atoms with Gasteiger partial charge in [-0.2, -0.15) is 0 Å². The van der Waals surface area contributed by atoms with Gasteiger partial charge in [-0.05, 0) is 12.3 Å². The molecule has 11 heteroatoms. The molecular weight excluding hydrogens is 358 g/mol. The molecule has 0 radical (unpaired) electrons. The minimum absolute atomic E-state index is 0.0233. The lowest BCUT2D eigenvalue weighted by atomic mass is 10.0. The van der Waals surface area contributed by atoms with E-state index in [1.807, 2.05) is 13.8 Å². The highest BCUT2D eigenvalue weighted by Crippen LogP contribution is 2.06. The second-order valence-electron chi connectivity index (χ2n) is 6.62. The van der Waals surface area contributed by atoms with Crippen molar-refractivity contribution in [3.63, 3.8) is 0 Å². The lowest BCUT2D eigenvalue weighted by molar-refractivity contribution is -0.142. The third-order valence-electron chi connectivity index (χ3n) is 3.97. The fourth-order valence-electron chi connectivity index (χ4n) is 2.58. The van der Waals surface area contributed by atoms with Crippen molar-refractivity contribution in [2.24, 2.45) is 13.0 Å². The van der Waals surface area contributed by atoms with E-state index < -0.39 is 34.7 Å². The van der Waals surface area contributed by atoms with Crippen molar-refractivity contribution in [1.29, 1.82) is 0 Å². The number of carbonyl (C=O) groups excluding carboxylic acids is 1. The van der Waals surface area contributed by atoms with Gasteiger partial charge in [0.2, 0.25) is 5.91 Å². The zero-order valence-electron chi connectivity index (χ0n) is 15.2. The number of hydrogen-bond acceptors (Lipinski definition) is 6. The maximum Gasteiger partial charge on any atom is 0.329 e. The average Bonchev–Trinajstić information content (AvgIpc) is 2.57. The molecule has 27 heavy (non-hydrogen) atoms. The van der Waals surface area contributed by atoms with E-state index in [1.54, 1.807) is 0 Å². The first-order valence-electron chi connectivity index (χ1n) is 8.34. The molecule has 4 N–H and O–H groups in total. The van der Waals surface area contributed by atoms with Gasteiger partial charge < -0.3 is 15.4 Å². The highest BCUT2D eigenvalue weighted by Gasteiger charge is 2.21. The number of nitrogens with zero attached hydrogens (tertiary/aromatic N) is 2. The molecule has 0 saturated heterocycles. The van der Waals surface area contributed by atoms with Gasteiger partial charge >= 0.3 is 11.7 Å². The molecule has 0 unspecified atom stereocenters. The van der Waals surface area contributed by atoms with E-state index in [1.165, 1.54) is 7.05 Å². The summed E-state index contributed by atoms with van der Waals surface area (Å²) in [5.74, 6) is -1.60. The van der Waals surface area contributed by atoms with Crippen LogP contribution in [0.3, 0.4) is 0 Å². The van der Waals surface area contributed by atoms with Crippen LogP contribution in [0.2, 0.25) is 0 Å². The summed E-state index contributed by atoms with van der Waals surface area (Å²) in [5, 5.41) is 11.6. The van der Waals surface area contributed by atoms with E-state index in [9.17, 15) is 24.0 Å². The zero-order valence-corrected chi connectivity index (χ0v) is 15.2. The number of nitrogens with one attached hydrogen (secondary N) is 3. The molecule has 0 aliphatic carbocycles. The van der Waals surface area contributed by atoms with Gasteiger partial charge in [0.1, 0.15) is 17.4 Å². The van der Waals surface area contributed by atoms with Crippen LogP contribution in [-0.2, 0) is 23.1 Å². The molecule has 0 aliphatic rings. The Labute approximate surface area is 152 Å². The maximum atomic E-state index is 12.1. The standard InChI is InChI=1S/C16H21N5O6/c1-7(2)6-9(15(25)26)17-10(22)5-4-8-13(23)19-12-11(18-8)14(24)20-16(27)21(12)3/h7,9H,4-6H2,1-3H3,(H,17,22)(H,19,23)(H,25,26)(H,20,24,27)/t9-/m0/s1. The van der Waals surface area contributed by atoms with Crippen molar-refractivity contribution in [2.45, 2.75) is 39.2 Å². The van der Waals surface area contributed by atoms with Crippen molar-refractivity contribution in [3.8, 4) is 0 Å². The normalized spacial score (nSPS) is 12.3. The monoisotopic (exact) mass is 379 g/mol. The van der Waals surface area contributed by atoms with Crippen molar-refractivity contribution >= 4 is 23.0 Å². The van der Waals surface area contributed by atoms with Gasteiger partial charge in [0.15, 0.2) is 5.52 Å². The molecule has 0 bridgehead atoms. The summed E-state index contributed by atoms with van der Waals surface area (Å²) in [6.07, 6.45) is 0.0137. The number of H-pyrrole nitrogens is 2. The summed E-state index contributed by atoms with van der Waals surface area (Å²) in [5.41, 5.74) is -2.29. The van der Waals surface area contributed by atoms with Crippen molar-refractivity contribution < 1.29 is 14.7 Å². The second kappa shape index (κ2) is 7.98. The molecule has 11 nitrogen and oxygen atoms in total. The van der Waals surface area contributed by atoms with E-state index in [2.05, 4.69) is 20.3 Å². The molecule has 0 aliphatic heterocycles. The number of aryl methyl sites for hydroxylation is 2. The maximum absolute atomic E-state index is 12.1.